The first kappa shape index (κ1) is 20.6. The molecule has 0 bridgehead atoms. The summed E-state index contributed by atoms with van der Waals surface area (Å²) in [7, 11) is 0. The van der Waals surface area contributed by atoms with Crippen molar-refractivity contribution in [3.63, 3.8) is 0 Å². The van der Waals surface area contributed by atoms with E-state index in [1.165, 1.54) is 4.88 Å². The zero-order chi connectivity index (χ0) is 22.0. The normalized spacial score (nSPS) is 10.9. The lowest BCUT2D eigenvalue weighted by Crippen LogP contribution is -2.13. The van der Waals surface area contributed by atoms with Crippen LogP contribution in [-0.2, 0) is 0 Å². The molecule has 4 aromatic rings. The van der Waals surface area contributed by atoms with Crippen LogP contribution in [0, 0.1) is 18.3 Å². The number of carbonyl (C=O) groups excluding carboxylic acids is 1. The molecule has 0 aliphatic rings. The molecule has 0 atom stereocenters. The quantitative estimate of drug-likeness (QED) is 0.453. The molecule has 1 aromatic carbocycles. The number of nitrogens with one attached hydrogen (secondary N) is 1. The van der Waals surface area contributed by atoms with Gasteiger partial charge in [0.25, 0.3) is 5.91 Å². The summed E-state index contributed by atoms with van der Waals surface area (Å²) in [5.41, 5.74) is 2.58. The Kier molecular flexibility index (Phi) is 5.69. The number of ether oxygens (including phenoxy) is 1. The molecule has 0 spiro atoms. The summed E-state index contributed by atoms with van der Waals surface area (Å²) < 4.78 is 7.09. The van der Waals surface area contributed by atoms with Crippen LogP contribution in [-0.4, -0.2) is 27.3 Å². The van der Waals surface area contributed by atoms with Crippen LogP contribution in [0.4, 0.5) is 5.69 Å². The van der Waals surface area contributed by atoms with Gasteiger partial charge in [-0.05, 0) is 63.2 Å². The highest BCUT2D eigenvalue weighted by atomic mass is 32.1. The van der Waals surface area contributed by atoms with Crippen molar-refractivity contribution < 1.29 is 9.53 Å². The number of aryl methyl sites for hydroxylation is 1. The van der Waals surface area contributed by atoms with Crippen molar-refractivity contribution in [3.05, 3.63) is 59.1 Å². The molecule has 0 fully saturated rings. The van der Waals surface area contributed by atoms with Crippen LogP contribution < -0.4 is 10.1 Å². The maximum atomic E-state index is 13.2. The van der Waals surface area contributed by atoms with E-state index in [0.29, 0.717) is 28.0 Å². The number of hydrogen-bond donors (Lipinski definition) is 1. The number of thiophene rings is 1. The Morgan fingerprint density at radius 3 is 2.68 bits per heavy atom. The molecule has 7 nitrogen and oxygen atoms in total. The number of benzene rings is 1. The number of anilines is 1. The molecule has 0 radical (unpaired) electrons. The van der Waals surface area contributed by atoms with E-state index in [1.54, 1.807) is 41.8 Å². The Balaban J connectivity index is 1.71. The minimum absolute atomic E-state index is 0.0223. The first-order valence-electron chi connectivity index (χ1n) is 9.82. The number of hydrogen-bond acceptors (Lipinski definition) is 6. The third kappa shape index (κ3) is 4.27. The lowest BCUT2D eigenvalue weighted by molar-refractivity contribution is 0.102. The van der Waals surface area contributed by atoms with Gasteiger partial charge < -0.3 is 10.1 Å². The number of pyridine rings is 1. The van der Waals surface area contributed by atoms with E-state index in [2.05, 4.69) is 10.4 Å². The minimum atomic E-state index is -0.240. The molecule has 0 saturated heterocycles. The summed E-state index contributed by atoms with van der Waals surface area (Å²) >= 11 is 1.64. The molecule has 0 unspecified atom stereocenters. The molecule has 0 aliphatic heterocycles. The van der Waals surface area contributed by atoms with E-state index in [1.807, 2.05) is 49.7 Å². The molecule has 0 aliphatic carbocycles. The van der Waals surface area contributed by atoms with Gasteiger partial charge in [0.2, 0.25) is 0 Å². The number of carbonyl (C=O) groups is 1. The Bertz CT molecular complexity index is 1280. The number of nitriles is 1. The number of aromatic nitrogens is 3. The number of rotatable bonds is 6. The summed E-state index contributed by atoms with van der Waals surface area (Å²) in [4.78, 5) is 20.2. The number of nitrogens with zero attached hydrogens (tertiary/aromatic N) is 4. The van der Waals surface area contributed by atoms with E-state index < -0.39 is 0 Å². The van der Waals surface area contributed by atoms with Gasteiger partial charge >= 0.3 is 0 Å². The molecule has 1 N–H and O–H groups in total. The first-order chi connectivity index (χ1) is 15.0. The maximum absolute atomic E-state index is 13.2. The smallest absolute Gasteiger partial charge is 0.256 e. The van der Waals surface area contributed by atoms with Crippen molar-refractivity contribution in [2.75, 3.05) is 11.9 Å². The fourth-order valence-corrected chi connectivity index (χ4v) is 4.06. The average molecular weight is 432 g/mol. The third-order valence-electron chi connectivity index (χ3n) is 4.71. The highest BCUT2D eigenvalue weighted by Gasteiger charge is 2.19. The third-order valence-corrected chi connectivity index (χ3v) is 5.73. The molecule has 1 amide bonds. The second-order valence-electron chi connectivity index (χ2n) is 7.31. The SMILES string of the molecule is Cc1ccc(-c2cc(C(=O)Nc3ccc(OCC#N)cc3)c3cnn(C(C)C)c3n2)s1. The van der Waals surface area contributed by atoms with E-state index >= 15 is 0 Å². The Morgan fingerprint density at radius 2 is 2.03 bits per heavy atom. The highest BCUT2D eigenvalue weighted by Crippen LogP contribution is 2.31. The standard InChI is InChI=1S/C23H21N5O2S/c1-14(2)28-22-19(13-25-28)18(12-20(27-22)21-9-4-15(3)31-21)23(29)26-16-5-7-17(8-6-16)30-11-10-24/h4-9,12-14H,11H2,1-3H3,(H,26,29). The summed E-state index contributed by atoms with van der Waals surface area (Å²) in [6, 6.07) is 14.8. The molecule has 31 heavy (non-hydrogen) atoms. The van der Waals surface area contributed by atoms with Gasteiger partial charge in [-0.25, -0.2) is 9.67 Å². The van der Waals surface area contributed by atoms with E-state index in [0.717, 1.165) is 10.6 Å². The van der Waals surface area contributed by atoms with Crippen LogP contribution in [0.15, 0.2) is 48.7 Å². The second-order valence-corrected chi connectivity index (χ2v) is 8.60. The van der Waals surface area contributed by atoms with Gasteiger partial charge in [-0.3, -0.25) is 4.79 Å². The summed E-state index contributed by atoms with van der Waals surface area (Å²) in [5, 5.41) is 16.7. The fraction of sp³-hybridized carbons (Fsp3) is 0.217. The van der Waals surface area contributed by atoms with Gasteiger partial charge in [-0.15, -0.1) is 11.3 Å². The van der Waals surface area contributed by atoms with Crippen molar-refractivity contribution in [2.24, 2.45) is 0 Å². The zero-order valence-corrected chi connectivity index (χ0v) is 18.2. The molecule has 156 valence electrons. The second kappa shape index (κ2) is 8.58. The van der Waals surface area contributed by atoms with E-state index in [9.17, 15) is 4.79 Å². The number of amides is 1. The average Bonchev–Trinajstić information content (AvgIpc) is 3.38. The Morgan fingerprint density at radius 1 is 1.26 bits per heavy atom. The summed E-state index contributed by atoms with van der Waals surface area (Å²) in [6.07, 6.45) is 1.69. The van der Waals surface area contributed by atoms with Crippen LogP contribution in [0.1, 0.15) is 35.1 Å². The van der Waals surface area contributed by atoms with Crippen molar-refractivity contribution in [2.45, 2.75) is 26.8 Å². The van der Waals surface area contributed by atoms with Crippen molar-refractivity contribution >= 4 is 34.0 Å². The Labute approximate surface area is 183 Å². The summed E-state index contributed by atoms with van der Waals surface area (Å²) in [5.74, 6) is 0.329. The van der Waals surface area contributed by atoms with Gasteiger partial charge in [-0.1, -0.05) is 0 Å². The largest absolute Gasteiger partial charge is 0.479 e. The van der Waals surface area contributed by atoms with Crippen molar-refractivity contribution in [1.29, 1.82) is 5.26 Å². The molecular weight excluding hydrogens is 410 g/mol. The molecule has 3 aromatic heterocycles. The van der Waals surface area contributed by atoms with Gasteiger partial charge in [0.15, 0.2) is 12.3 Å². The van der Waals surface area contributed by atoms with Gasteiger partial charge in [-0.2, -0.15) is 10.4 Å². The summed E-state index contributed by atoms with van der Waals surface area (Å²) in [6.45, 7) is 6.09. The maximum Gasteiger partial charge on any atom is 0.256 e. The van der Waals surface area contributed by atoms with Gasteiger partial charge in [0, 0.05) is 16.6 Å². The zero-order valence-electron chi connectivity index (χ0n) is 17.4. The minimum Gasteiger partial charge on any atom is -0.479 e. The van der Waals surface area contributed by atoms with Gasteiger partial charge in [0.1, 0.15) is 11.8 Å². The van der Waals surface area contributed by atoms with Gasteiger partial charge in [0.05, 0.1) is 27.7 Å². The molecule has 4 rings (SSSR count). The lowest BCUT2D eigenvalue weighted by Gasteiger charge is -2.11. The van der Waals surface area contributed by atoms with E-state index in [4.69, 9.17) is 15.0 Å². The predicted octanol–water partition coefficient (Wildman–Crippen LogP) is 5.20. The van der Waals surface area contributed by atoms with Crippen LogP contribution in [0.25, 0.3) is 21.6 Å². The number of fused-ring (bicyclic) bond motifs is 1. The van der Waals surface area contributed by atoms with Crippen molar-refractivity contribution in [3.8, 4) is 22.4 Å². The van der Waals surface area contributed by atoms with Crippen LogP contribution in [0.3, 0.4) is 0 Å². The monoisotopic (exact) mass is 431 g/mol. The molecule has 8 heteroatoms. The van der Waals surface area contributed by atoms with Crippen molar-refractivity contribution in [1.82, 2.24) is 14.8 Å². The topological polar surface area (TPSA) is 92.8 Å². The highest BCUT2D eigenvalue weighted by molar-refractivity contribution is 7.15. The van der Waals surface area contributed by atoms with E-state index in [-0.39, 0.29) is 18.6 Å². The first-order valence-corrected chi connectivity index (χ1v) is 10.6. The molecule has 3 heterocycles. The van der Waals surface area contributed by atoms with Crippen LogP contribution in [0.2, 0.25) is 0 Å². The predicted molar refractivity (Wildman–Crippen MR) is 121 cm³/mol. The van der Waals surface area contributed by atoms with Crippen LogP contribution in [0.5, 0.6) is 5.75 Å². The Hall–Kier alpha value is -3.70. The fourth-order valence-electron chi connectivity index (χ4n) is 3.23. The molecular formula is C23H21N5O2S. The van der Waals surface area contributed by atoms with Crippen LogP contribution >= 0.6 is 11.3 Å². The lowest BCUT2D eigenvalue weighted by atomic mass is 10.1. The molecule has 0 saturated carbocycles.